The van der Waals surface area contributed by atoms with Crippen LogP contribution in [0.1, 0.15) is 86.3 Å². The molecular formula is C22H33N5O2. The van der Waals surface area contributed by atoms with Crippen molar-refractivity contribution in [2.45, 2.75) is 90.1 Å². The van der Waals surface area contributed by atoms with E-state index in [2.05, 4.69) is 22.3 Å². The molecule has 0 aromatic carbocycles. The third-order valence-corrected chi connectivity index (χ3v) is 6.46. The fourth-order valence-corrected chi connectivity index (χ4v) is 4.82. The molecule has 1 aromatic heterocycles. The number of carbonyl (C=O) groups excluding carboxylic acids is 1. The van der Waals surface area contributed by atoms with Crippen LogP contribution in [-0.2, 0) is 19.4 Å². The van der Waals surface area contributed by atoms with Crippen molar-refractivity contribution >= 4 is 5.91 Å². The summed E-state index contributed by atoms with van der Waals surface area (Å²) in [7, 11) is 0. The molecule has 158 valence electrons. The lowest BCUT2D eigenvalue weighted by Crippen LogP contribution is -2.45. The van der Waals surface area contributed by atoms with Crippen LogP contribution in [0.4, 0.5) is 0 Å². The van der Waals surface area contributed by atoms with Gasteiger partial charge in [-0.3, -0.25) is 9.59 Å². The molecule has 0 aliphatic heterocycles. The van der Waals surface area contributed by atoms with Crippen molar-refractivity contribution in [1.29, 1.82) is 0 Å². The predicted molar refractivity (Wildman–Crippen MR) is 114 cm³/mol. The van der Waals surface area contributed by atoms with Crippen LogP contribution < -0.4 is 10.9 Å². The fraction of sp³-hybridized carbons (Fsp3) is 0.727. The van der Waals surface area contributed by atoms with Gasteiger partial charge in [-0.2, -0.15) is 0 Å². The second kappa shape index (κ2) is 10.5. The number of aryl methyl sites for hydroxylation is 1. The molecule has 0 radical (unpaired) electrons. The molecule has 1 heterocycles. The smallest absolute Gasteiger partial charge is 0.263 e. The number of hydrogen-bond acceptors (Lipinski definition) is 3. The standard InChI is InChI=1S/C22H33N5O2/c1-2-3-13-27-20-12-8-7-11-17(20)14-18(22(27)29)21(28)25-19(15-24-26-23)16-9-5-4-6-10-16/h14,16,19H,2-13,15H2,1H3,(H,25,28)/t19-/m1/s1. The van der Waals surface area contributed by atoms with Crippen molar-refractivity contribution in [1.82, 2.24) is 9.88 Å². The van der Waals surface area contributed by atoms with Crippen LogP contribution in [-0.4, -0.2) is 23.1 Å². The highest BCUT2D eigenvalue weighted by Crippen LogP contribution is 2.27. The van der Waals surface area contributed by atoms with Crippen LogP contribution in [0.15, 0.2) is 16.0 Å². The highest BCUT2D eigenvalue weighted by molar-refractivity contribution is 5.94. The van der Waals surface area contributed by atoms with Gasteiger partial charge in [-0.15, -0.1) is 0 Å². The number of azide groups is 1. The minimum Gasteiger partial charge on any atom is -0.349 e. The molecular weight excluding hydrogens is 366 g/mol. The number of aromatic nitrogens is 1. The molecule has 7 heteroatoms. The molecule has 2 aliphatic rings. The van der Waals surface area contributed by atoms with Crippen LogP contribution in [0.25, 0.3) is 10.4 Å². The summed E-state index contributed by atoms with van der Waals surface area (Å²) in [4.78, 5) is 29.2. The number of fused-ring (bicyclic) bond motifs is 1. The third kappa shape index (κ3) is 5.21. The Balaban J connectivity index is 1.88. The number of nitrogens with zero attached hydrogens (tertiary/aromatic N) is 4. The minimum atomic E-state index is -0.322. The van der Waals surface area contributed by atoms with E-state index in [1.807, 2.05) is 10.6 Å². The van der Waals surface area contributed by atoms with E-state index in [4.69, 9.17) is 5.53 Å². The maximum Gasteiger partial charge on any atom is 0.263 e. The third-order valence-electron chi connectivity index (χ3n) is 6.46. The van der Waals surface area contributed by atoms with Gasteiger partial charge in [-0.05, 0) is 68.0 Å². The van der Waals surface area contributed by atoms with Gasteiger partial charge in [0.15, 0.2) is 0 Å². The maximum atomic E-state index is 13.2. The average molecular weight is 400 g/mol. The molecule has 7 nitrogen and oxygen atoms in total. The molecule has 1 N–H and O–H groups in total. The zero-order valence-corrected chi connectivity index (χ0v) is 17.5. The lowest BCUT2D eigenvalue weighted by molar-refractivity contribution is 0.0913. The molecule has 2 aliphatic carbocycles. The average Bonchev–Trinajstić information content (AvgIpc) is 2.76. The molecule has 1 fully saturated rings. The van der Waals surface area contributed by atoms with Crippen molar-refractivity contribution in [3.8, 4) is 0 Å². The number of pyridine rings is 1. The van der Waals surface area contributed by atoms with Gasteiger partial charge in [0.25, 0.3) is 11.5 Å². The molecule has 0 bridgehead atoms. The van der Waals surface area contributed by atoms with E-state index in [1.54, 1.807) is 0 Å². The van der Waals surface area contributed by atoms with Crippen molar-refractivity contribution in [2.24, 2.45) is 11.0 Å². The number of nitrogens with one attached hydrogen (secondary N) is 1. The molecule has 1 atom stereocenters. The molecule has 1 saturated carbocycles. The maximum absolute atomic E-state index is 13.2. The number of unbranched alkanes of at least 4 members (excludes halogenated alkanes) is 1. The molecule has 1 aromatic rings. The van der Waals surface area contributed by atoms with Crippen molar-refractivity contribution in [3.63, 3.8) is 0 Å². The summed E-state index contributed by atoms with van der Waals surface area (Å²) in [6.45, 7) is 3.02. The Morgan fingerprint density at radius 3 is 2.76 bits per heavy atom. The van der Waals surface area contributed by atoms with Gasteiger partial charge in [0.1, 0.15) is 5.56 Å². The van der Waals surface area contributed by atoms with Crippen molar-refractivity contribution in [3.05, 3.63) is 43.7 Å². The van der Waals surface area contributed by atoms with Crippen molar-refractivity contribution in [2.75, 3.05) is 6.54 Å². The summed E-state index contributed by atoms with van der Waals surface area (Å²) in [5, 5.41) is 6.78. The zero-order valence-electron chi connectivity index (χ0n) is 17.5. The Kier molecular flexibility index (Phi) is 7.76. The first-order chi connectivity index (χ1) is 14.2. The largest absolute Gasteiger partial charge is 0.349 e. The van der Waals surface area contributed by atoms with E-state index >= 15 is 0 Å². The van der Waals surface area contributed by atoms with E-state index in [9.17, 15) is 9.59 Å². The normalized spacial score (nSPS) is 17.8. The van der Waals surface area contributed by atoms with Gasteiger partial charge in [-0.1, -0.05) is 37.7 Å². The van der Waals surface area contributed by atoms with Gasteiger partial charge >= 0.3 is 0 Å². The Bertz CT molecular complexity index is 819. The van der Waals surface area contributed by atoms with Gasteiger partial charge in [0, 0.05) is 29.7 Å². The number of hydrogen-bond donors (Lipinski definition) is 1. The quantitative estimate of drug-likeness (QED) is 0.395. The summed E-state index contributed by atoms with van der Waals surface area (Å²) in [5.74, 6) is -0.0181. The van der Waals surface area contributed by atoms with E-state index in [0.717, 1.165) is 75.5 Å². The Hall–Kier alpha value is -2.27. The van der Waals surface area contributed by atoms with E-state index < -0.39 is 0 Å². The van der Waals surface area contributed by atoms with Crippen LogP contribution in [0.5, 0.6) is 0 Å². The monoisotopic (exact) mass is 399 g/mol. The first kappa shape index (κ1) is 21.4. The van der Waals surface area contributed by atoms with E-state index in [0.29, 0.717) is 12.5 Å². The molecule has 0 unspecified atom stereocenters. The lowest BCUT2D eigenvalue weighted by Gasteiger charge is -2.30. The van der Waals surface area contributed by atoms with Gasteiger partial charge < -0.3 is 9.88 Å². The highest BCUT2D eigenvalue weighted by atomic mass is 16.2. The predicted octanol–water partition coefficient (Wildman–Crippen LogP) is 4.52. The van der Waals surface area contributed by atoms with E-state index in [1.165, 1.54) is 6.42 Å². The molecule has 29 heavy (non-hydrogen) atoms. The Morgan fingerprint density at radius 1 is 1.28 bits per heavy atom. The van der Waals surface area contributed by atoms with Gasteiger partial charge in [0.05, 0.1) is 0 Å². The van der Waals surface area contributed by atoms with E-state index in [-0.39, 0.29) is 29.6 Å². The van der Waals surface area contributed by atoms with Crippen LogP contribution >= 0.6 is 0 Å². The van der Waals surface area contributed by atoms with Crippen LogP contribution in [0.2, 0.25) is 0 Å². The molecule has 3 rings (SSSR count). The van der Waals surface area contributed by atoms with Crippen molar-refractivity contribution < 1.29 is 4.79 Å². The first-order valence-electron chi connectivity index (χ1n) is 11.2. The second-order valence-corrected chi connectivity index (χ2v) is 8.44. The summed E-state index contributed by atoms with van der Waals surface area (Å²) in [5.41, 5.74) is 11.1. The van der Waals surface area contributed by atoms with Gasteiger partial charge in [-0.25, -0.2) is 0 Å². The molecule has 0 saturated heterocycles. The number of amides is 1. The van der Waals surface area contributed by atoms with Crippen LogP contribution in [0.3, 0.4) is 0 Å². The SMILES string of the molecule is CCCCn1c2c(cc(C(=O)N[C@H](CN=[N+]=[N-])C3CCCCC3)c1=O)CCCC2. The van der Waals surface area contributed by atoms with Crippen LogP contribution in [0, 0.1) is 5.92 Å². The summed E-state index contributed by atoms with van der Waals surface area (Å²) >= 11 is 0. The summed E-state index contributed by atoms with van der Waals surface area (Å²) in [6.07, 6.45) is 11.5. The number of carbonyl (C=O) groups is 1. The lowest BCUT2D eigenvalue weighted by atomic mass is 9.83. The fourth-order valence-electron chi connectivity index (χ4n) is 4.82. The molecule has 0 spiro atoms. The zero-order chi connectivity index (χ0) is 20.6. The van der Waals surface area contributed by atoms with Gasteiger partial charge in [0.2, 0.25) is 0 Å². The first-order valence-corrected chi connectivity index (χ1v) is 11.2. The summed E-state index contributed by atoms with van der Waals surface area (Å²) in [6, 6.07) is 1.61. The second-order valence-electron chi connectivity index (χ2n) is 8.44. The Labute approximate surface area is 172 Å². The summed E-state index contributed by atoms with van der Waals surface area (Å²) < 4.78 is 1.84. The molecule has 1 amide bonds. The topological polar surface area (TPSA) is 99.9 Å². The number of rotatable bonds is 8. The highest BCUT2D eigenvalue weighted by Gasteiger charge is 2.27. The minimum absolute atomic E-state index is 0.178. The Morgan fingerprint density at radius 2 is 2.03 bits per heavy atom.